The molecule has 0 aromatic carbocycles. The molecule has 0 aromatic rings. The Hall–Kier alpha value is -1.10. The fraction of sp³-hybridized carbons (Fsp3) is 0.867. The molecule has 0 radical (unpaired) electrons. The number of hydrogen-bond acceptors (Lipinski definition) is 3. The van der Waals surface area contributed by atoms with Gasteiger partial charge in [-0.1, -0.05) is 6.42 Å². The van der Waals surface area contributed by atoms with Crippen LogP contribution in [0.25, 0.3) is 0 Å². The molecule has 5 nitrogen and oxygen atoms in total. The monoisotopic (exact) mass is 283 g/mol. The van der Waals surface area contributed by atoms with Gasteiger partial charge in [-0.05, 0) is 60.2 Å². The van der Waals surface area contributed by atoms with Crippen molar-refractivity contribution in [2.24, 2.45) is 0 Å². The summed E-state index contributed by atoms with van der Waals surface area (Å²) < 4.78 is 0. The van der Waals surface area contributed by atoms with E-state index in [1.807, 2.05) is 27.9 Å². The lowest BCUT2D eigenvalue weighted by Crippen LogP contribution is -2.52. The van der Waals surface area contributed by atoms with Crippen molar-refractivity contribution >= 4 is 11.8 Å². The fourth-order valence-corrected chi connectivity index (χ4v) is 2.49. The first-order valence-corrected chi connectivity index (χ1v) is 7.56. The molecule has 1 aliphatic rings. The molecule has 1 saturated heterocycles. The van der Waals surface area contributed by atoms with Gasteiger partial charge in [0, 0.05) is 12.0 Å². The first-order valence-electron chi connectivity index (χ1n) is 7.56. The maximum atomic E-state index is 12.3. The number of rotatable bonds is 6. The van der Waals surface area contributed by atoms with Crippen LogP contribution in [0.15, 0.2) is 0 Å². The van der Waals surface area contributed by atoms with E-state index in [-0.39, 0.29) is 23.4 Å². The quantitative estimate of drug-likeness (QED) is 0.772. The number of amides is 2. The zero-order valence-electron chi connectivity index (χ0n) is 13.3. The lowest BCUT2D eigenvalue weighted by molar-refractivity contribution is -0.129. The van der Waals surface area contributed by atoms with Gasteiger partial charge in [0.25, 0.3) is 0 Å². The normalized spacial score (nSPS) is 20.4. The third kappa shape index (κ3) is 6.37. The van der Waals surface area contributed by atoms with E-state index in [4.69, 9.17) is 0 Å². The lowest BCUT2D eigenvalue weighted by atomic mass is 9.97. The standard InChI is InChI=1S/C15H29N3O2/c1-15(2,10-7-11-18(3)4)17-14(20)12-8-5-6-9-13(19)16-12/h12H,5-11H2,1-4H3,(H,16,19)(H,17,20)/t12-/m0/s1. The molecule has 2 N–H and O–H groups in total. The fourth-order valence-electron chi connectivity index (χ4n) is 2.49. The van der Waals surface area contributed by atoms with Crippen LogP contribution in [-0.2, 0) is 9.59 Å². The molecule has 116 valence electrons. The molecule has 0 saturated carbocycles. The van der Waals surface area contributed by atoms with Crippen molar-refractivity contribution in [1.82, 2.24) is 15.5 Å². The second-order valence-corrected chi connectivity index (χ2v) is 6.65. The molecular weight excluding hydrogens is 254 g/mol. The van der Waals surface area contributed by atoms with Crippen LogP contribution >= 0.6 is 0 Å². The molecule has 1 heterocycles. The number of hydrogen-bond donors (Lipinski definition) is 2. The Bertz CT molecular complexity index is 340. The van der Waals surface area contributed by atoms with E-state index in [9.17, 15) is 9.59 Å². The van der Waals surface area contributed by atoms with Gasteiger partial charge in [0.05, 0.1) is 0 Å². The van der Waals surface area contributed by atoms with E-state index >= 15 is 0 Å². The molecular formula is C15H29N3O2. The molecule has 1 fully saturated rings. The van der Waals surface area contributed by atoms with E-state index in [0.29, 0.717) is 6.42 Å². The average Bonchev–Trinajstić information content (AvgIpc) is 2.52. The molecule has 0 bridgehead atoms. The minimum absolute atomic E-state index is 0.00642. The summed E-state index contributed by atoms with van der Waals surface area (Å²) in [6.45, 7) is 5.09. The highest BCUT2D eigenvalue weighted by Crippen LogP contribution is 2.14. The van der Waals surface area contributed by atoms with Gasteiger partial charge < -0.3 is 15.5 Å². The summed E-state index contributed by atoms with van der Waals surface area (Å²) in [6, 6.07) is -0.363. The summed E-state index contributed by atoms with van der Waals surface area (Å²) in [5.74, 6) is -0.0526. The van der Waals surface area contributed by atoms with E-state index in [0.717, 1.165) is 38.6 Å². The zero-order valence-corrected chi connectivity index (χ0v) is 13.3. The van der Waals surface area contributed by atoms with Crippen molar-refractivity contribution < 1.29 is 9.59 Å². The number of nitrogens with zero attached hydrogens (tertiary/aromatic N) is 1. The number of carbonyl (C=O) groups is 2. The third-order valence-corrected chi connectivity index (χ3v) is 3.67. The summed E-state index contributed by atoms with van der Waals surface area (Å²) in [5, 5.41) is 5.89. The van der Waals surface area contributed by atoms with Crippen molar-refractivity contribution in [1.29, 1.82) is 0 Å². The Labute approximate surface area is 122 Å². The second kappa shape index (κ2) is 7.62. The molecule has 2 amide bonds. The summed E-state index contributed by atoms with van der Waals surface area (Å²) in [5.41, 5.74) is -0.232. The predicted octanol–water partition coefficient (Wildman–Crippen LogP) is 1.28. The van der Waals surface area contributed by atoms with E-state index in [1.165, 1.54) is 0 Å². The summed E-state index contributed by atoms with van der Waals surface area (Å²) in [4.78, 5) is 25.9. The number of carbonyl (C=O) groups excluding carboxylic acids is 2. The highest BCUT2D eigenvalue weighted by molar-refractivity contribution is 5.88. The van der Waals surface area contributed by atoms with Crippen LogP contribution in [0.2, 0.25) is 0 Å². The number of nitrogens with one attached hydrogen (secondary N) is 2. The van der Waals surface area contributed by atoms with Crippen LogP contribution in [0.1, 0.15) is 52.4 Å². The largest absolute Gasteiger partial charge is 0.349 e. The summed E-state index contributed by atoms with van der Waals surface area (Å²) >= 11 is 0. The molecule has 0 unspecified atom stereocenters. The van der Waals surface area contributed by atoms with Crippen LogP contribution in [0.5, 0.6) is 0 Å². The topological polar surface area (TPSA) is 61.4 Å². The minimum atomic E-state index is -0.363. The van der Waals surface area contributed by atoms with E-state index < -0.39 is 0 Å². The Balaban J connectivity index is 2.44. The lowest BCUT2D eigenvalue weighted by Gasteiger charge is -2.29. The predicted molar refractivity (Wildman–Crippen MR) is 80.4 cm³/mol. The van der Waals surface area contributed by atoms with Gasteiger partial charge in [-0.25, -0.2) is 0 Å². The van der Waals surface area contributed by atoms with E-state index in [2.05, 4.69) is 15.5 Å². The molecule has 0 aromatic heterocycles. The second-order valence-electron chi connectivity index (χ2n) is 6.65. The average molecular weight is 283 g/mol. The van der Waals surface area contributed by atoms with Gasteiger partial charge in [0.15, 0.2) is 0 Å². The maximum absolute atomic E-state index is 12.3. The Morgan fingerprint density at radius 2 is 2.10 bits per heavy atom. The molecule has 1 atom stereocenters. The van der Waals surface area contributed by atoms with Crippen molar-refractivity contribution in [3.05, 3.63) is 0 Å². The zero-order chi connectivity index (χ0) is 15.2. The van der Waals surface area contributed by atoms with Crippen LogP contribution < -0.4 is 10.6 Å². The molecule has 5 heteroatoms. The highest BCUT2D eigenvalue weighted by atomic mass is 16.2. The van der Waals surface area contributed by atoms with Gasteiger partial charge in [-0.2, -0.15) is 0 Å². The van der Waals surface area contributed by atoms with Gasteiger partial charge in [-0.3, -0.25) is 9.59 Å². The molecule has 1 rings (SSSR count). The van der Waals surface area contributed by atoms with Gasteiger partial charge in [0.1, 0.15) is 6.04 Å². The smallest absolute Gasteiger partial charge is 0.242 e. The molecule has 1 aliphatic heterocycles. The first kappa shape index (κ1) is 17.0. The first-order chi connectivity index (χ1) is 9.30. The molecule has 0 spiro atoms. The van der Waals surface area contributed by atoms with Crippen LogP contribution in [0.3, 0.4) is 0 Å². The Morgan fingerprint density at radius 1 is 1.40 bits per heavy atom. The van der Waals surface area contributed by atoms with Crippen LogP contribution in [0, 0.1) is 0 Å². The maximum Gasteiger partial charge on any atom is 0.242 e. The Morgan fingerprint density at radius 3 is 2.75 bits per heavy atom. The van der Waals surface area contributed by atoms with Crippen molar-refractivity contribution in [3.63, 3.8) is 0 Å². The van der Waals surface area contributed by atoms with Crippen molar-refractivity contribution in [3.8, 4) is 0 Å². The summed E-state index contributed by atoms with van der Waals surface area (Å²) in [6.07, 6.45) is 5.05. The molecule has 20 heavy (non-hydrogen) atoms. The SMILES string of the molecule is CN(C)CCCC(C)(C)NC(=O)[C@@H]1CCCCC(=O)N1. The highest BCUT2D eigenvalue weighted by Gasteiger charge is 2.27. The third-order valence-electron chi connectivity index (χ3n) is 3.67. The van der Waals surface area contributed by atoms with Crippen LogP contribution in [-0.4, -0.2) is 48.9 Å². The van der Waals surface area contributed by atoms with Crippen molar-refractivity contribution in [2.45, 2.75) is 64.0 Å². The van der Waals surface area contributed by atoms with Gasteiger partial charge >= 0.3 is 0 Å². The minimum Gasteiger partial charge on any atom is -0.349 e. The van der Waals surface area contributed by atoms with Crippen LogP contribution in [0.4, 0.5) is 0 Å². The Kier molecular flexibility index (Phi) is 6.46. The van der Waals surface area contributed by atoms with E-state index in [1.54, 1.807) is 0 Å². The van der Waals surface area contributed by atoms with Gasteiger partial charge in [0.2, 0.25) is 11.8 Å². The summed E-state index contributed by atoms with van der Waals surface area (Å²) in [7, 11) is 4.10. The van der Waals surface area contributed by atoms with Crippen molar-refractivity contribution in [2.75, 3.05) is 20.6 Å². The van der Waals surface area contributed by atoms with Gasteiger partial charge in [-0.15, -0.1) is 0 Å². The molecule has 0 aliphatic carbocycles.